The Balaban J connectivity index is 2.15. The predicted molar refractivity (Wildman–Crippen MR) is 78.1 cm³/mol. The van der Waals surface area contributed by atoms with Gasteiger partial charge in [0.1, 0.15) is 5.01 Å². The van der Waals surface area contributed by atoms with E-state index in [1.165, 1.54) is 0 Å². The van der Waals surface area contributed by atoms with E-state index in [0.29, 0.717) is 6.54 Å². The highest BCUT2D eigenvalue weighted by Crippen LogP contribution is 2.16. The first kappa shape index (κ1) is 15.3. The van der Waals surface area contributed by atoms with E-state index in [2.05, 4.69) is 25.9 Å². The number of hydrogen-bond donors (Lipinski definition) is 2. The van der Waals surface area contributed by atoms with E-state index >= 15 is 0 Å². The van der Waals surface area contributed by atoms with Gasteiger partial charge in [0.15, 0.2) is 0 Å². The van der Waals surface area contributed by atoms with Crippen LogP contribution in [-0.4, -0.2) is 49.4 Å². The van der Waals surface area contributed by atoms with Gasteiger partial charge in [0.05, 0.1) is 5.69 Å². The van der Waals surface area contributed by atoms with Crippen molar-refractivity contribution in [3.63, 3.8) is 0 Å². The van der Waals surface area contributed by atoms with E-state index < -0.39 is 0 Å². The number of rotatable bonds is 7. The highest BCUT2D eigenvalue weighted by Gasteiger charge is 2.03. The van der Waals surface area contributed by atoms with Gasteiger partial charge in [-0.1, -0.05) is 0 Å². The first-order valence-corrected chi connectivity index (χ1v) is 7.76. The molecule has 0 aliphatic heterocycles. The molecular formula is C11H20N4OS2. The van der Waals surface area contributed by atoms with E-state index in [1.807, 2.05) is 14.1 Å². The summed E-state index contributed by atoms with van der Waals surface area (Å²) in [6.45, 7) is 1.58. The minimum atomic E-state index is -0.127. The van der Waals surface area contributed by atoms with Crippen molar-refractivity contribution in [1.29, 1.82) is 0 Å². The normalized spacial score (nSPS) is 10.7. The monoisotopic (exact) mass is 288 g/mol. The molecule has 0 bridgehead atoms. The van der Waals surface area contributed by atoms with Gasteiger partial charge >= 0.3 is 6.03 Å². The van der Waals surface area contributed by atoms with Crippen LogP contribution in [0.4, 0.5) is 4.79 Å². The quantitative estimate of drug-likeness (QED) is 0.744. The molecule has 0 saturated carbocycles. The fourth-order valence-corrected chi connectivity index (χ4v) is 3.02. The minimum absolute atomic E-state index is 0.127. The largest absolute Gasteiger partial charge is 0.341 e. The zero-order valence-electron chi connectivity index (χ0n) is 11.0. The molecule has 7 heteroatoms. The molecule has 18 heavy (non-hydrogen) atoms. The Morgan fingerprint density at radius 2 is 2.33 bits per heavy atom. The Bertz CT molecular complexity index is 368. The van der Waals surface area contributed by atoms with Crippen molar-refractivity contribution in [2.75, 3.05) is 33.4 Å². The zero-order chi connectivity index (χ0) is 13.4. The molecule has 0 saturated heterocycles. The second-order valence-corrected chi connectivity index (χ2v) is 6.08. The standard InChI is InChI=1S/C11H20N4OS2/c1-12-11(16)13-4-5-17-7-9-8-18-10(14-9)6-15(2)3/h8H,4-7H2,1-3H3,(H2,12,13,16). The summed E-state index contributed by atoms with van der Waals surface area (Å²) in [5, 5.41) is 8.54. The topological polar surface area (TPSA) is 57.3 Å². The van der Waals surface area contributed by atoms with E-state index in [9.17, 15) is 4.79 Å². The molecule has 0 aliphatic carbocycles. The number of aromatic nitrogens is 1. The van der Waals surface area contributed by atoms with Gasteiger partial charge in [0.2, 0.25) is 0 Å². The van der Waals surface area contributed by atoms with E-state index in [4.69, 9.17) is 0 Å². The second-order valence-electron chi connectivity index (χ2n) is 4.03. The number of nitrogens with zero attached hydrogens (tertiary/aromatic N) is 2. The zero-order valence-corrected chi connectivity index (χ0v) is 12.7. The van der Waals surface area contributed by atoms with Crippen LogP contribution in [-0.2, 0) is 12.3 Å². The Kier molecular flexibility index (Phi) is 7.07. The summed E-state index contributed by atoms with van der Waals surface area (Å²) in [5.74, 6) is 1.80. The minimum Gasteiger partial charge on any atom is -0.341 e. The molecule has 102 valence electrons. The molecule has 5 nitrogen and oxygen atoms in total. The molecule has 0 fully saturated rings. The van der Waals surface area contributed by atoms with Gasteiger partial charge in [-0.2, -0.15) is 11.8 Å². The van der Waals surface area contributed by atoms with Crippen LogP contribution in [0.5, 0.6) is 0 Å². The van der Waals surface area contributed by atoms with E-state index in [1.54, 1.807) is 30.1 Å². The lowest BCUT2D eigenvalue weighted by atomic mass is 10.5. The van der Waals surface area contributed by atoms with Gasteiger partial charge in [0.25, 0.3) is 0 Å². The number of amides is 2. The van der Waals surface area contributed by atoms with Crippen molar-refractivity contribution in [2.24, 2.45) is 0 Å². The van der Waals surface area contributed by atoms with Crippen LogP contribution in [0.3, 0.4) is 0 Å². The molecule has 1 heterocycles. The highest BCUT2D eigenvalue weighted by atomic mass is 32.2. The summed E-state index contributed by atoms with van der Waals surface area (Å²) in [6.07, 6.45) is 0. The van der Waals surface area contributed by atoms with Crippen molar-refractivity contribution in [2.45, 2.75) is 12.3 Å². The molecular weight excluding hydrogens is 268 g/mol. The number of thiazole rings is 1. The Morgan fingerprint density at radius 1 is 1.56 bits per heavy atom. The Morgan fingerprint density at radius 3 is 3.00 bits per heavy atom. The van der Waals surface area contributed by atoms with Gasteiger partial charge in [-0.05, 0) is 14.1 Å². The molecule has 2 amide bonds. The molecule has 2 N–H and O–H groups in total. The maximum atomic E-state index is 10.9. The van der Waals surface area contributed by atoms with Crippen molar-refractivity contribution < 1.29 is 4.79 Å². The smallest absolute Gasteiger partial charge is 0.314 e. The lowest BCUT2D eigenvalue weighted by Gasteiger charge is -2.05. The fraction of sp³-hybridized carbons (Fsp3) is 0.636. The van der Waals surface area contributed by atoms with Crippen LogP contribution in [0.25, 0.3) is 0 Å². The molecule has 0 aromatic carbocycles. The Labute approximate surface area is 116 Å². The van der Waals surface area contributed by atoms with Gasteiger partial charge in [-0.3, -0.25) is 0 Å². The molecule has 0 spiro atoms. The maximum absolute atomic E-state index is 10.9. The molecule has 0 radical (unpaired) electrons. The number of carbonyl (C=O) groups is 1. The summed E-state index contributed by atoms with van der Waals surface area (Å²) in [4.78, 5) is 17.6. The molecule has 0 unspecified atom stereocenters. The number of hydrogen-bond acceptors (Lipinski definition) is 5. The second kappa shape index (κ2) is 8.34. The van der Waals surface area contributed by atoms with Crippen molar-refractivity contribution in [3.05, 3.63) is 16.1 Å². The van der Waals surface area contributed by atoms with Crippen molar-refractivity contribution >= 4 is 29.1 Å². The summed E-state index contributed by atoms with van der Waals surface area (Å²) in [5.41, 5.74) is 1.13. The summed E-state index contributed by atoms with van der Waals surface area (Å²) < 4.78 is 0. The van der Waals surface area contributed by atoms with Crippen molar-refractivity contribution in [3.8, 4) is 0 Å². The van der Waals surface area contributed by atoms with E-state index in [0.717, 1.165) is 28.8 Å². The van der Waals surface area contributed by atoms with Crippen LogP contribution in [0, 0.1) is 0 Å². The van der Waals surface area contributed by atoms with E-state index in [-0.39, 0.29) is 6.03 Å². The average molecular weight is 288 g/mol. The van der Waals surface area contributed by atoms with Gasteiger partial charge in [-0.25, -0.2) is 9.78 Å². The molecule has 1 rings (SSSR count). The van der Waals surface area contributed by atoms with Crippen LogP contribution in [0.1, 0.15) is 10.7 Å². The number of nitrogens with one attached hydrogen (secondary N) is 2. The lowest BCUT2D eigenvalue weighted by molar-refractivity contribution is 0.243. The number of thioether (sulfide) groups is 1. The van der Waals surface area contributed by atoms with Crippen LogP contribution in [0.2, 0.25) is 0 Å². The van der Waals surface area contributed by atoms with Crippen LogP contribution in [0.15, 0.2) is 5.38 Å². The molecule has 1 aromatic heterocycles. The summed E-state index contributed by atoms with van der Waals surface area (Å²) >= 11 is 3.48. The van der Waals surface area contributed by atoms with Crippen LogP contribution >= 0.6 is 23.1 Å². The SMILES string of the molecule is CNC(=O)NCCSCc1csc(CN(C)C)n1. The average Bonchev–Trinajstić information content (AvgIpc) is 2.75. The third-order valence-corrected chi connectivity index (χ3v) is 3.93. The third kappa shape index (κ3) is 6.23. The lowest BCUT2D eigenvalue weighted by Crippen LogP contribution is -2.34. The predicted octanol–water partition coefficient (Wildman–Crippen LogP) is 1.37. The number of carbonyl (C=O) groups excluding carboxylic acids is 1. The van der Waals surface area contributed by atoms with Crippen molar-refractivity contribution in [1.82, 2.24) is 20.5 Å². The third-order valence-electron chi connectivity index (χ3n) is 2.06. The highest BCUT2D eigenvalue weighted by molar-refractivity contribution is 7.98. The Hall–Kier alpha value is -0.790. The molecule has 0 atom stereocenters. The van der Waals surface area contributed by atoms with Gasteiger partial charge in [0, 0.05) is 37.0 Å². The summed E-state index contributed by atoms with van der Waals surface area (Å²) in [6, 6.07) is -0.127. The van der Waals surface area contributed by atoms with Crippen LogP contribution < -0.4 is 10.6 Å². The first-order valence-electron chi connectivity index (χ1n) is 5.73. The first-order chi connectivity index (χ1) is 8.61. The molecule has 1 aromatic rings. The number of urea groups is 1. The fourth-order valence-electron chi connectivity index (χ4n) is 1.26. The summed E-state index contributed by atoms with van der Waals surface area (Å²) in [7, 11) is 5.70. The van der Waals surface area contributed by atoms with Gasteiger partial charge in [-0.15, -0.1) is 11.3 Å². The van der Waals surface area contributed by atoms with Gasteiger partial charge < -0.3 is 15.5 Å². The maximum Gasteiger partial charge on any atom is 0.314 e. The molecule has 0 aliphatic rings.